The van der Waals surface area contributed by atoms with Crippen molar-refractivity contribution in [3.05, 3.63) is 63.9 Å². The van der Waals surface area contributed by atoms with Crippen LogP contribution >= 0.6 is 15.9 Å². The van der Waals surface area contributed by atoms with Crippen LogP contribution in [0.4, 0.5) is 4.39 Å². The van der Waals surface area contributed by atoms with Crippen molar-refractivity contribution >= 4 is 21.6 Å². The first kappa shape index (κ1) is 14.5. The Morgan fingerprint density at radius 1 is 1.25 bits per heavy atom. The first-order valence-electron chi connectivity index (χ1n) is 5.96. The lowest BCUT2D eigenvalue weighted by molar-refractivity contribution is 0.299. The first-order valence-corrected chi connectivity index (χ1v) is 6.75. The largest absolute Gasteiger partial charge is 0.489 e. The van der Waals surface area contributed by atoms with Gasteiger partial charge in [-0.25, -0.2) is 4.39 Å². The summed E-state index contributed by atoms with van der Waals surface area (Å²) >= 11 is 3.30. The molecule has 0 aromatic heterocycles. The highest BCUT2D eigenvalue weighted by Gasteiger charge is 2.04. The van der Waals surface area contributed by atoms with E-state index in [-0.39, 0.29) is 12.4 Å². The lowest BCUT2D eigenvalue weighted by Gasteiger charge is -2.08. The van der Waals surface area contributed by atoms with E-state index in [2.05, 4.69) is 21.1 Å². The third-order valence-corrected chi connectivity index (χ3v) is 3.32. The second-order valence-electron chi connectivity index (χ2n) is 4.23. The number of benzene rings is 2. The Kier molecular flexibility index (Phi) is 4.74. The van der Waals surface area contributed by atoms with Crippen molar-refractivity contribution in [3.8, 4) is 5.75 Å². The lowest BCUT2D eigenvalue weighted by Crippen LogP contribution is -1.99. The minimum absolute atomic E-state index is 0.150. The fraction of sp³-hybridized carbons (Fsp3) is 0.133. The molecule has 0 aliphatic heterocycles. The van der Waals surface area contributed by atoms with Gasteiger partial charge in [-0.2, -0.15) is 0 Å². The number of oxime groups is 1. The summed E-state index contributed by atoms with van der Waals surface area (Å²) in [7, 11) is 0. The minimum atomic E-state index is -0.298. The van der Waals surface area contributed by atoms with Crippen LogP contribution in [0.5, 0.6) is 5.75 Å². The van der Waals surface area contributed by atoms with Gasteiger partial charge in [0.05, 0.1) is 5.71 Å². The highest BCUT2D eigenvalue weighted by molar-refractivity contribution is 9.10. The van der Waals surface area contributed by atoms with E-state index in [1.807, 2.05) is 0 Å². The zero-order valence-corrected chi connectivity index (χ0v) is 12.4. The molecule has 0 aliphatic rings. The zero-order valence-electron chi connectivity index (χ0n) is 10.8. The van der Waals surface area contributed by atoms with Gasteiger partial charge in [0.1, 0.15) is 18.2 Å². The molecule has 5 heteroatoms. The number of halogens is 2. The van der Waals surface area contributed by atoms with Crippen molar-refractivity contribution in [2.75, 3.05) is 0 Å². The van der Waals surface area contributed by atoms with Gasteiger partial charge in [0.2, 0.25) is 0 Å². The second-order valence-corrected chi connectivity index (χ2v) is 5.15. The molecule has 0 saturated heterocycles. The number of ether oxygens (including phenoxy) is 1. The Balaban J connectivity index is 2.06. The highest BCUT2D eigenvalue weighted by atomic mass is 79.9. The van der Waals surface area contributed by atoms with Crippen LogP contribution in [-0.4, -0.2) is 10.9 Å². The van der Waals surface area contributed by atoms with Crippen LogP contribution in [0, 0.1) is 5.82 Å². The van der Waals surface area contributed by atoms with Gasteiger partial charge in [0.15, 0.2) is 0 Å². The van der Waals surface area contributed by atoms with Gasteiger partial charge in [-0.1, -0.05) is 21.1 Å². The highest BCUT2D eigenvalue weighted by Crippen LogP contribution is 2.19. The van der Waals surface area contributed by atoms with Crippen LogP contribution in [0.2, 0.25) is 0 Å². The molecule has 20 heavy (non-hydrogen) atoms. The number of hydrogen-bond donors (Lipinski definition) is 1. The molecule has 0 fully saturated rings. The molecule has 2 rings (SSSR count). The Morgan fingerprint density at radius 2 is 1.95 bits per heavy atom. The van der Waals surface area contributed by atoms with Gasteiger partial charge in [0, 0.05) is 10.0 Å². The first-order chi connectivity index (χ1) is 9.60. The van der Waals surface area contributed by atoms with E-state index in [0.29, 0.717) is 17.0 Å². The normalized spacial score (nSPS) is 11.4. The minimum Gasteiger partial charge on any atom is -0.489 e. The summed E-state index contributed by atoms with van der Waals surface area (Å²) in [6.45, 7) is 1.85. The van der Waals surface area contributed by atoms with Crippen molar-refractivity contribution in [2.45, 2.75) is 13.5 Å². The predicted octanol–water partition coefficient (Wildman–Crippen LogP) is 4.37. The molecule has 0 heterocycles. The van der Waals surface area contributed by atoms with Gasteiger partial charge < -0.3 is 9.94 Å². The summed E-state index contributed by atoms with van der Waals surface area (Å²) in [6, 6.07) is 11.8. The second kappa shape index (κ2) is 6.52. The summed E-state index contributed by atoms with van der Waals surface area (Å²) in [5.41, 5.74) is 1.81. The molecule has 0 aliphatic carbocycles. The smallest absolute Gasteiger partial charge is 0.129 e. The van der Waals surface area contributed by atoms with Crippen molar-refractivity contribution in [3.63, 3.8) is 0 Å². The van der Waals surface area contributed by atoms with Gasteiger partial charge in [-0.15, -0.1) is 0 Å². The maximum Gasteiger partial charge on any atom is 0.129 e. The molecule has 0 radical (unpaired) electrons. The average molecular weight is 338 g/mol. The molecule has 0 bridgehead atoms. The molecule has 2 aromatic rings. The van der Waals surface area contributed by atoms with Crippen LogP contribution in [0.25, 0.3) is 0 Å². The Bertz CT molecular complexity index is 626. The Hall–Kier alpha value is -1.88. The average Bonchev–Trinajstić information content (AvgIpc) is 2.48. The van der Waals surface area contributed by atoms with Gasteiger partial charge in [-0.05, 0) is 55.0 Å². The van der Waals surface area contributed by atoms with Crippen LogP contribution in [0.15, 0.2) is 52.1 Å². The predicted molar refractivity (Wildman–Crippen MR) is 78.9 cm³/mol. The molecule has 1 N–H and O–H groups in total. The fourth-order valence-electron chi connectivity index (χ4n) is 1.67. The quantitative estimate of drug-likeness (QED) is 0.511. The summed E-state index contributed by atoms with van der Waals surface area (Å²) in [5.74, 6) is 0.326. The fourth-order valence-corrected chi connectivity index (χ4v) is 2.07. The standard InChI is InChI=1S/C15H13BrFNO2/c1-10(18-19)11-2-5-14(6-3-11)20-9-12-8-13(16)4-7-15(12)17/h2-8,19H,9H2,1H3/b18-10+. The number of nitrogens with zero attached hydrogens (tertiary/aromatic N) is 1. The van der Waals surface area contributed by atoms with Crippen LogP contribution < -0.4 is 4.74 Å². The van der Waals surface area contributed by atoms with Gasteiger partial charge >= 0.3 is 0 Å². The molecular formula is C15H13BrFNO2. The van der Waals surface area contributed by atoms with Crippen LogP contribution in [0.3, 0.4) is 0 Å². The monoisotopic (exact) mass is 337 g/mol. The van der Waals surface area contributed by atoms with Crippen molar-refractivity contribution in [1.82, 2.24) is 0 Å². The van der Waals surface area contributed by atoms with E-state index in [9.17, 15) is 4.39 Å². The maximum absolute atomic E-state index is 13.5. The topological polar surface area (TPSA) is 41.8 Å². The third kappa shape index (κ3) is 3.57. The summed E-state index contributed by atoms with van der Waals surface area (Å²) in [5, 5.41) is 11.8. The maximum atomic E-state index is 13.5. The zero-order chi connectivity index (χ0) is 14.5. The molecule has 0 amide bonds. The molecular weight excluding hydrogens is 325 g/mol. The number of hydrogen-bond acceptors (Lipinski definition) is 3. The van der Waals surface area contributed by atoms with Gasteiger partial charge in [-0.3, -0.25) is 0 Å². The summed E-state index contributed by atoms with van der Waals surface area (Å²) < 4.78 is 19.9. The van der Waals surface area contributed by atoms with Crippen molar-refractivity contribution < 1.29 is 14.3 Å². The van der Waals surface area contributed by atoms with Gasteiger partial charge in [0.25, 0.3) is 0 Å². The molecule has 0 atom stereocenters. The van der Waals surface area contributed by atoms with E-state index in [1.54, 1.807) is 43.3 Å². The van der Waals surface area contributed by atoms with Crippen molar-refractivity contribution in [2.24, 2.45) is 5.16 Å². The van der Waals surface area contributed by atoms with E-state index in [0.717, 1.165) is 10.0 Å². The Labute approximate surface area is 124 Å². The van der Waals surface area contributed by atoms with Crippen molar-refractivity contribution in [1.29, 1.82) is 0 Å². The summed E-state index contributed by atoms with van der Waals surface area (Å²) in [4.78, 5) is 0. The SMILES string of the molecule is C/C(=N\O)c1ccc(OCc2cc(Br)ccc2F)cc1. The van der Waals surface area contributed by atoms with E-state index in [1.165, 1.54) is 6.07 Å². The van der Waals surface area contributed by atoms with E-state index in [4.69, 9.17) is 9.94 Å². The molecule has 0 spiro atoms. The summed E-state index contributed by atoms with van der Waals surface area (Å²) in [6.07, 6.45) is 0. The van der Waals surface area contributed by atoms with Crippen LogP contribution in [-0.2, 0) is 6.61 Å². The number of rotatable bonds is 4. The van der Waals surface area contributed by atoms with Crippen LogP contribution in [0.1, 0.15) is 18.1 Å². The Morgan fingerprint density at radius 3 is 2.60 bits per heavy atom. The third-order valence-electron chi connectivity index (χ3n) is 2.82. The van der Waals surface area contributed by atoms with E-state index < -0.39 is 0 Å². The molecule has 104 valence electrons. The molecule has 2 aromatic carbocycles. The lowest BCUT2D eigenvalue weighted by atomic mass is 10.1. The molecule has 0 unspecified atom stereocenters. The molecule has 3 nitrogen and oxygen atoms in total. The molecule has 0 saturated carbocycles. The van der Waals surface area contributed by atoms with E-state index >= 15 is 0 Å².